The van der Waals surface area contributed by atoms with Crippen LogP contribution in [0.15, 0.2) is 23.1 Å². The van der Waals surface area contributed by atoms with Gasteiger partial charge in [-0.1, -0.05) is 25.4 Å². The molecule has 1 aromatic rings. The Morgan fingerprint density at radius 2 is 1.75 bits per heavy atom. The second-order valence-corrected chi connectivity index (χ2v) is 6.03. The maximum Gasteiger partial charge on any atom is 0.341 e. The lowest BCUT2D eigenvalue weighted by atomic mass is 10.0. The van der Waals surface area contributed by atoms with Gasteiger partial charge in [0.15, 0.2) is 0 Å². The summed E-state index contributed by atoms with van der Waals surface area (Å²) in [5, 5.41) is 0.144. The van der Waals surface area contributed by atoms with Gasteiger partial charge in [0, 0.05) is 5.02 Å². The fraction of sp³-hybridized carbons (Fsp3) is 0.400. The molecule has 0 heterocycles. The normalized spacial score (nSPS) is 12.4. The third kappa shape index (κ3) is 2.71. The maximum atomic E-state index is 12.3. The molecule has 1 rings (SSSR count). The highest BCUT2D eigenvalue weighted by Crippen LogP contribution is 2.26. The first-order chi connectivity index (χ1) is 7.25. The van der Waals surface area contributed by atoms with Gasteiger partial charge in [0.1, 0.15) is 0 Å². The van der Waals surface area contributed by atoms with Crippen LogP contribution >= 0.6 is 11.6 Å². The molecule has 0 aliphatic carbocycles. The van der Waals surface area contributed by atoms with Crippen molar-refractivity contribution >= 4 is 21.4 Å². The monoisotopic (exact) mass is 268 g/mol. The van der Waals surface area contributed by atoms with Gasteiger partial charge in [0.25, 0.3) is 0 Å². The predicted molar refractivity (Wildman–Crippen MR) is 58.7 cm³/mol. The van der Waals surface area contributed by atoms with Gasteiger partial charge in [0.05, 0.1) is 4.90 Å². The van der Waals surface area contributed by atoms with Crippen molar-refractivity contribution in [1.29, 1.82) is 0 Å². The number of rotatable bonds is 3. The van der Waals surface area contributed by atoms with Crippen molar-refractivity contribution in [2.75, 3.05) is 0 Å². The lowest BCUT2D eigenvalue weighted by Crippen LogP contribution is -2.11. The second kappa shape index (κ2) is 4.67. The van der Waals surface area contributed by atoms with Crippen LogP contribution in [0.4, 0.5) is 8.78 Å². The van der Waals surface area contributed by atoms with Crippen molar-refractivity contribution in [3.63, 3.8) is 0 Å². The Balaban J connectivity index is 3.36. The summed E-state index contributed by atoms with van der Waals surface area (Å²) >= 11 is 5.70. The molecular weight excluding hydrogens is 258 g/mol. The summed E-state index contributed by atoms with van der Waals surface area (Å²) in [7, 11) is -4.57. The maximum absolute atomic E-state index is 12.3. The molecule has 0 saturated heterocycles. The molecule has 2 nitrogen and oxygen atoms in total. The lowest BCUT2D eigenvalue weighted by Gasteiger charge is -2.09. The van der Waals surface area contributed by atoms with E-state index in [9.17, 15) is 17.2 Å². The van der Waals surface area contributed by atoms with Gasteiger partial charge in [-0.25, -0.2) is 8.42 Å². The molecule has 0 bridgehead atoms. The minimum absolute atomic E-state index is 0.0188. The van der Waals surface area contributed by atoms with Crippen LogP contribution in [0.3, 0.4) is 0 Å². The minimum Gasteiger partial charge on any atom is -0.218 e. The number of benzene rings is 1. The fourth-order valence-electron chi connectivity index (χ4n) is 1.18. The average Bonchev–Trinajstić information content (AvgIpc) is 2.16. The molecule has 16 heavy (non-hydrogen) atoms. The number of sulfone groups is 1. The van der Waals surface area contributed by atoms with E-state index >= 15 is 0 Å². The van der Waals surface area contributed by atoms with Crippen molar-refractivity contribution in [1.82, 2.24) is 0 Å². The van der Waals surface area contributed by atoms with E-state index in [0.717, 1.165) is 6.07 Å². The van der Waals surface area contributed by atoms with E-state index in [1.807, 2.05) is 13.8 Å². The number of hydrogen-bond donors (Lipinski definition) is 0. The summed E-state index contributed by atoms with van der Waals surface area (Å²) in [6, 6.07) is 3.84. The summed E-state index contributed by atoms with van der Waals surface area (Å²) in [5.74, 6) is -3.41. The molecule has 0 aliphatic heterocycles. The summed E-state index contributed by atoms with van der Waals surface area (Å²) < 4.78 is 47.2. The molecule has 1 aromatic carbocycles. The zero-order valence-corrected chi connectivity index (χ0v) is 10.3. The summed E-state index contributed by atoms with van der Waals surface area (Å²) in [4.78, 5) is -0.432. The minimum atomic E-state index is -4.57. The van der Waals surface area contributed by atoms with Gasteiger partial charge >= 0.3 is 5.76 Å². The molecule has 6 heteroatoms. The van der Waals surface area contributed by atoms with Crippen molar-refractivity contribution in [3.05, 3.63) is 28.8 Å². The van der Waals surface area contributed by atoms with E-state index in [2.05, 4.69) is 0 Å². The van der Waals surface area contributed by atoms with Gasteiger partial charge in [-0.2, -0.15) is 8.78 Å². The Kier molecular flexibility index (Phi) is 3.91. The highest BCUT2D eigenvalue weighted by Gasteiger charge is 2.27. The highest BCUT2D eigenvalue weighted by molar-refractivity contribution is 7.91. The molecule has 0 saturated carbocycles. The first-order valence-corrected chi connectivity index (χ1v) is 6.50. The quantitative estimate of drug-likeness (QED) is 0.841. The molecular formula is C10H11ClF2O2S. The number of alkyl halides is 2. The molecule has 0 radical (unpaired) electrons. The van der Waals surface area contributed by atoms with E-state index in [-0.39, 0.29) is 10.9 Å². The summed E-state index contributed by atoms with van der Waals surface area (Å²) in [6.45, 7) is 3.65. The number of hydrogen-bond acceptors (Lipinski definition) is 2. The van der Waals surface area contributed by atoms with Crippen LogP contribution in [0, 0.1) is 0 Å². The van der Waals surface area contributed by atoms with Crippen LogP contribution in [0.25, 0.3) is 0 Å². The Labute approximate surface area is 98.2 Å². The standard InChI is InChI=1S/C10H11ClF2O2S/c1-6(2)7-3-8(11)5-9(4-7)16(14,15)10(12)13/h3-6,10H,1-2H3. The van der Waals surface area contributed by atoms with Crippen LogP contribution in [-0.4, -0.2) is 14.2 Å². The number of halogens is 3. The van der Waals surface area contributed by atoms with E-state index in [1.54, 1.807) is 6.07 Å². The zero-order chi connectivity index (χ0) is 12.5. The molecule has 0 amide bonds. The van der Waals surface area contributed by atoms with E-state index in [4.69, 9.17) is 11.6 Å². The molecule has 90 valence electrons. The Morgan fingerprint density at radius 1 is 1.19 bits per heavy atom. The van der Waals surface area contributed by atoms with Crippen LogP contribution in [0.1, 0.15) is 25.3 Å². The van der Waals surface area contributed by atoms with Crippen molar-refractivity contribution in [2.24, 2.45) is 0 Å². The third-order valence-electron chi connectivity index (χ3n) is 2.12. The van der Waals surface area contributed by atoms with Crippen LogP contribution in [0.2, 0.25) is 5.02 Å². The first-order valence-electron chi connectivity index (χ1n) is 4.57. The van der Waals surface area contributed by atoms with Gasteiger partial charge in [-0.3, -0.25) is 0 Å². The van der Waals surface area contributed by atoms with Gasteiger partial charge in [0.2, 0.25) is 9.84 Å². The van der Waals surface area contributed by atoms with Crippen LogP contribution < -0.4 is 0 Å². The second-order valence-electron chi connectivity index (χ2n) is 3.68. The molecule has 0 aromatic heterocycles. The van der Waals surface area contributed by atoms with E-state index in [0.29, 0.717) is 5.56 Å². The molecule has 0 atom stereocenters. The molecule has 0 fully saturated rings. The Hall–Kier alpha value is -0.680. The van der Waals surface area contributed by atoms with Crippen LogP contribution in [-0.2, 0) is 9.84 Å². The molecule has 0 unspecified atom stereocenters. The zero-order valence-electron chi connectivity index (χ0n) is 8.75. The van der Waals surface area contributed by atoms with Gasteiger partial charge < -0.3 is 0 Å². The molecule has 0 aliphatic rings. The SMILES string of the molecule is CC(C)c1cc(Cl)cc(S(=O)(=O)C(F)F)c1. The van der Waals surface area contributed by atoms with Crippen molar-refractivity contribution in [2.45, 2.75) is 30.4 Å². The fourth-order valence-corrected chi connectivity index (χ4v) is 2.29. The largest absolute Gasteiger partial charge is 0.341 e. The van der Waals surface area contributed by atoms with Gasteiger partial charge in [-0.15, -0.1) is 0 Å². The Morgan fingerprint density at radius 3 is 2.19 bits per heavy atom. The van der Waals surface area contributed by atoms with Gasteiger partial charge in [-0.05, 0) is 29.7 Å². The van der Waals surface area contributed by atoms with E-state index < -0.39 is 20.5 Å². The van der Waals surface area contributed by atoms with E-state index in [1.165, 1.54) is 6.07 Å². The Bertz CT molecular complexity index is 484. The van der Waals surface area contributed by atoms with Crippen LogP contribution in [0.5, 0.6) is 0 Å². The molecule has 0 spiro atoms. The average molecular weight is 269 g/mol. The topological polar surface area (TPSA) is 34.1 Å². The predicted octanol–water partition coefficient (Wildman–Crippen LogP) is 3.46. The highest BCUT2D eigenvalue weighted by atomic mass is 35.5. The summed E-state index contributed by atoms with van der Waals surface area (Å²) in [6.07, 6.45) is 0. The smallest absolute Gasteiger partial charge is 0.218 e. The van der Waals surface area contributed by atoms with Crippen molar-refractivity contribution < 1.29 is 17.2 Å². The lowest BCUT2D eigenvalue weighted by molar-refractivity contribution is 0.234. The third-order valence-corrected chi connectivity index (χ3v) is 3.70. The molecule has 0 N–H and O–H groups in total. The summed E-state index contributed by atoms with van der Waals surface area (Å²) in [5.41, 5.74) is 0.617. The first kappa shape index (κ1) is 13.4. The van der Waals surface area contributed by atoms with Crippen molar-refractivity contribution in [3.8, 4) is 0 Å².